The molecule has 2 heteroatoms. The molecule has 0 radical (unpaired) electrons. The van der Waals surface area contributed by atoms with Gasteiger partial charge in [0, 0.05) is 9.65 Å². The maximum absolute atomic E-state index is 3.71. The first kappa shape index (κ1) is 6.66. The summed E-state index contributed by atoms with van der Waals surface area (Å²) in [6.07, 6.45) is 4.39. The molecule has 0 aromatic rings. The molecule has 0 nitrogen and oxygen atoms in total. The van der Waals surface area contributed by atoms with Gasteiger partial charge in [-0.15, -0.1) is 0 Å². The summed E-state index contributed by atoms with van der Waals surface area (Å²) in [5, 5.41) is 0. The molecule has 2 saturated carbocycles. The lowest BCUT2D eigenvalue weighted by Crippen LogP contribution is -2.21. The lowest BCUT2D eigenvalue weighted by molar-refractivity contribution is 0.514. The van der Waals surface area contributed by atoms with Crippen molar-refractivity contribution in [1.82, 2.24) is 0 Å². The monoisotopic (exact) mass is 252 g/mol. The van der Waals surface area contributed by atoms with Crippen LogP contribution in [0.15, 0.2) is 0 Å². The van der Waals surface area contributed by atoms with Crippen LogP contribution in [0.2, 0.25) is 0 Å². The van der Waals surface area contributed by atoms with Crippen LogP contribution in [0.3, 0.4) is 0 Å². The highest BCUT2D eigenvalue weighted by Crippen LogP contribution is 2.50. The van der Waals surface area contributed by atoms with E-state index >= 15 is 0 Å². The second-order valence-electron chi connectivity index (χ2n) is 3.22. The Morgan fingerprint density at radius 1 is 0.889 bits per heavy atom. The summed E-state index contributed by atoms with van der Waals surface area (Å²) >= 11 is 7.43. The van der Waals surface area contributed by atoms with Crippen LogP contribution in [0.4, 0.5) is 0 Å². The minimum absolute atomic E-state index is 0.774. The Morgan fingerprint density at radius 2 is 1.33 bits per heavy atom. The van der Waals surface area contributed by atoms with E-state index in [2.05, 4.69) is 31.9 Å². The molecule has 0 aromatic heterocycles. The van der Waals surface area contributed by atoms with Gasteiger partial charge in [-0.05, 0) is 31.1 Å². The fourth-order valence-corrected chi connectivity index (χ4v) is 3.97. The first-order valence-corrected chi connectivity index (χ1v) is 5.40. The van der Waals surface area contributed by atoms with E-state index in [9.17, 15) is 0 Å². The minimum atomic E-state index is 0.774. The van der Waals surface area contributed by atoms with Gasteiger partial charge >= 0.3 is 0 Å². The molecule has 52 valence electrons. The summed E-state index contributed by atoms with van der Waals surface area (Å²) < 4.78 is 0. The Bertz CT molecular complexity index is 106. The molecule has 0 N–H and O–H groups in total. The molecule has 0 aromatic carbocycles. The maximum Gasteiger partial charge on any atom is 0.0302 e. The van der Waals surface area contributed by atoms with Crippen molar-refractivity contribution in [2.75, 3.05) is 0 Å². The standard InChI is InChI=1S/C7H10Br2/c8-6-4-1-2-5(3-4)7(6)9/h4-7H,1-3H2/t4?,5?,6-,7-/m0/s1. The molecule has 0 spiro atoms. The molecule has 0 aliphatic heterocycles. The third-order valence-corrected chi connectivity index (χ3v) is 6.06. The minimum Gasteiger partial charge on any atom is -0.0875 e. The highest BCUT2D eigenvalue weighted by atomic mass is 79.9. The molecule has 2 rings (SSSR count). The summed E-state index contributed by atoms with van der Waals surface area (Å²) in [6, 6.07) is 0. The summed E-state index contributed by atoms with van der Waals surface area (Å²) in [5.41, 5.74) is 0. The highest BCUT2D eigenvalue weighted by Gasteiger charge is 2.44. The van der Waals surface area contributed by atoms with Crippen molar-refractivity contribution < 1.29 is 0 Å². The summed E-state index contributed by atoms with van der Waals surface area (Å²) in [7, 11) is 0. The van der Waals surface area contributed by atoms with E-state index in [1.165, 1.54) is 19.3 Å². The van der Waals surface area contributed by atoms with Crippen LogP contribution in [0.5, 0.6) is 0 Å². The van der Waals surface area contributed by atoms with Gasteiger partial charge in [0.05, 0.1) is 0 Å². The smallest absolute Gasteiger partial charge is 0.0302 e. The van der Waals surface area contributed by atoms with Gasteiger partial charge in [0.25, 0.3) is 0 Å². The largest absolute Gasteiger partial charge is 0.0875 e. The first-order valence-electron chi connectivity index (χ1n) is 3.57. The van der Waals surface area contributed by atoms with Crippen molar-refractivity contribution in [3.05, 3.63) is 0 Å². The molecular weight excluding hydrogens is 244 g/mol. The number of alkyl halides is 2. The van der Waals surface area contributed by atoms with E-state index < -0.39 is 0 Å². The van der Waals surface area contributed by atoms with Gasteiger partial charge in [-0.2, -0.15) is 0 Å². The zero-order valence-corrected chi connectivity index (χ0v) is 8.36. The molecule has 2 fully saturated rings. The summed E-state index contributed by atoms with van der Waals surface area (Å²) in [6.45, 7) is 0. The van der Waals surface area contributed by atoms with Gasteiger partial charge in [0.2, 0.25) is 0 Å². The normalized spacial score (nSPS) is 56.7. The van der Waals surface area contributed by atoms with E-state index in [0.717, 1.165) is 21.5 Å². The first-order chi connectivity index (χ1) is 4.29. The Morgan fingerprint density at radius 3 is 1.56 bits per heavy atom. The van der Waals surface area contributed by atoms with E-state index in [4.69, 9.17) is 0 Å². The third-order valence-electron chi connectivity index (χ3n) is 2.72. The molecule has 2 aliphatic carbocycles. The predicted octanol–water partition coefficient (Wildman–Crippen LogP) is 2.94. The zero-order valence-electron chi connectivity index (χ0n) is 5.19. The van der Waals surface area contributed by atoms with Crippen molar-refractivity contribution in [2.24, 2.45) is 11.8 Å². The molecule has 2 aliphatic rings. The number of hydrogen-bond donors (Lipinski definition) is 0. The highest BCUT2D eigenvalue weighted by molar-refractivity contribution is 9.12. The zero-order chi connectivity index (χ0) is 6.43. The topological polar surface area (TPSA) is 0 Å². The van der Waals surface area contributed by atoms with Crippen LogP contribution in [0.25, 0.3) is 0 Å². The molecule has 0 saturated heterocycles. The average molecular weight is 254 g/mol. The molecule has 2 unspecified atom stereocenters. The van der Waals surface area contributed by atoms with E-state index in [-0.39, 0.29) is 0 Å². The molecular formula is C7H10Br2. The lowest BCUT2D eigenvalue weighted by Gasteiger charge is -2.20. The van der Waals surface area contributed by atoms with Crippen LogP contribution in [0, 0.1) is 11.8 Å². The Kier molecular flexibility index (Phi) is 1.65. The number of halogens is 2. The number of hydrogen-bond acceptors (Lipinski definition) is 0. The molecule has 0 amide bonds. The quantitative estimate of drug-likeness (QED) is 0.583. The third kappa shape index (κ3) is 0.900. The predicted molar refractivity (Wildman–Crippen MR) is 46.3 cm³/mol. The number of fused-ring (bicyclic) bond motifs is 2. The van der Waals surface area contributed by atoms with Crippen molar-refractivity contribution in [3.63, 3.8) is 0 Å². The van der Waals surface area contributed by atoms with Gasteiger partial charge < -0.3 is 0 Å². The fraction of sp³-hybridized carbons (Fsp3) is 1.00. The van der Waals surface area contributed by atoms with Gasteiger partial charge in [-0.3, -0.25) is 0 Å². The van der Waals surface area contributed by atoms with Crippen LogP contribution in [-0.2, 0) is 0 Å². The second-order valence-corrected chi connectivity index (χ2v) is 5.34. The SMILES string of the molecule is Br[C@H]1C2CCC(C2)[C@@H]1Br. The van der Waals surface area contributed by atoms with Crippen molar-refractivity contribution >= 4 is 31.9 Å². The Balaban J connectivity index is 2.15. The Labute approximate surface area is 72.7 Å². The van der Waals surface area contributed by atoms with Gasteiger partial charge in [-0.25, -0.2) is 0 Å². The molecule has 9 heavy (non-hydrogen) atoms. The summed E-state index contributed by atoms with van der Waals surface area (Å²) in [4.78, 5) is 1.55. The molecule has 2 bridgehead atoms. The second kappa shape index (κ2) is 2.23. The number of rotatable bonds is 0. The van der Waals surface area contributed by atoms with Gasteiger partial charge in [0.15, 0.2) is 0 Å². The van der Waals surface area contributed by atoms with Crippen LogP contribution in [0.1, 0.15) is 19.3 Å². The lowest BCUT2D eigenvalue weighted by atomic mass is 10.0. The van der Waals surface area contributed by atoms with Gasteiger partial charge in [-0.1, -0.05) is 31.9 Å². The summed E-state index contributed by atoms with van der Waals surface area (Å²) in [5.74, 6) is 1.97. The van der Waals surface area contributed by atoms with Crippen molar-refractivity contribution in [2.45, 2.75) is 28.9 Å². The van der Waals surface area contributed by atoms with Crippen LogP contribution in [-0.4, -0.2) is 9.65 Å². The van der Waals surface area contributed by atoms with E-state index in [0.29, 0.717) is 0 Å². The van der Waals surface area contributed by atoms with Crippen LogP contribution >= 0.6 is 31.9 Å². The van der Waals surface area contributed by atoms with Crippen LogP contribution < -0.4 is 0 Å². The molecule has 0 heterocycles. The van der Waals surface area contributed by atoms with E-state index in [1.807, 2.05) is 0 Å². The fourth-order valence-electron chi connectivity index (χ4n) is 2.15. The van der Waals surface area contributed by atoms with Gasteiger partial charge in [0.1, 0.15) is 0 Å². The average Bonchev–Trinajstić information content (AvgIpc) is 2.37. The maximum atomic E-state index is 3.71. The van der Waals surface area contributed by atoms with E-state index in [1.54, 1.807) is 0 Å². The van der Waals surface area contributed by atoms with Crippen molar-refractivity contribution in [1.29, 1.82) is 0 Å². The van der Waals surface area contributed by atoms with Crippen molar-refractivity contribution in [3.8, 4) is 0 Å². The molecule has 4 atom stereocenters. The Hall–Kier alpha value is 0.960.